The standard InChI is InChI=1S/C17H26O2/c1-11-7-8-17-9-14(11)16(4,10-19-13(3)18)15(17)6-5-12(17)2/h12,14-15H,1,5-10H2,2-4H3/t12-,14+,15?,16-,17+/m1/s1. The lowest BCUT2D eigenvalue weighted by Crippen LogP contribution is -2.36. The normalized spacial score (nSPS) is 48.2. The first-order valence-electron chi connectivity index (χ1n) is 7.71. The Morgan fingerprint density at radius 3 is 2.89 bits per heavy atom. The maximum absolute atomic E-state index is 11.2. The molecule has 3 saturated carbocycles. The van der Waals surface area contributed by atoms with Gasteiger partial charge in [-0.05, 0) is 55.3 Å². The van der Waals surface area contributed by atoms with Crippen molar-refractivity contribution in [2.45, 2.75) is 52.9 Å². The Morgan fingerprint density at radius 2 is 2.21 bits per heavy atom. The van der Waals surface area contributed by atoms with E-state index in [2.05, 4.69) is 20.4 Å². The van der Waals surface area contributed by atoms with E-state index in [1.54, 1.807) is 0 Å². The van der Waals surface area contributed by atoms with Crippen molar-refractivity contribution in [2.24, 2.45) is 28.6 Å². The van der Waals surface area contributed by atoms with E-state index in [1.807, 2.05) is 0 Å². The van der Waals surface area contributed by atoms with Gasteiger partial charge in [0.1, 0.15) is 0 Å². The summed E-state index contributed by atoms with van der Waals surface area (Å²) in [5.41, 5.74) is 2.05. The van der Waals surface area contributed by atoms with Gasteiger partial charge in [-0.15, -0.1) is 0 Å². The molecule has 3 aliphatic rings. The predicted molar refractivity (Wildman–Crippen MR) is 75.5 cm³/mol. The molecular weight excluding hydrogens is 236 g/mol. The minimum Gasteiger partial charge on any atom is -0.465 e. The number of hydrogen-bond donors (Lipinski definition) is 0. The number of esters is 1. The lowest BCUT2D eigenvalue weighted by Gasteiger charge is -2.38. The average Bonchev–Trinajstić information content (AvgIpc) is 2.77. The molecule has 3 aliphatic carbocycles. The van der Waals surface area contributed by atoms with Gasteiger partial charge >= 0.3 is 5.97 Å². The Kier molecular flexibility index (Phi) is 2.85. The van der Waals surface area contributed by atoms with Gasteiger partial charge in [0, 0.05) is 12.3 Å². The molecule has 0 saturated heterocycles. The van der Waals surface area contributed by atoms with Crippen LogP contribution in [0.25, 0.3) is 0 Å². The summed E-state index contributed by atoms with van der Waals surface area (Å²) in [6.07, 6.45) is 6.43. The van der Waals surface area contributed by atoms with Crippen LogP contribution in [0.2, 0.25) is 0 Å². The van der Waals surface area contributed by atoms with E-state index in [9.17, 15) is 4.79 Å². The minimum absolute atomic E-state index is 0.129. The van der Waals surface area contributed by atoms with Crippen LogP contribution in [-0.2, 0) is 9.53 Å². The molecule has 0 heterocycles. The molecule has 0 amide bonds. The van der Waals surface area contributed by atoms with Gasteiger partial charge < -0.3 is 4.74 Å². The highest BCUT2D eigenvalue weighted by Crippen LogP contribution is 2.72. The van der Waals surface area contributed by atoms with Gasteiger partial charge in [0.25, 0.3) is 0 Å². The van der Waals surface area contributed by atoms with E-state index in [1.165, 1.54) is 44.6 Å². The Labute approximate surface area is 116 Å². The predicted octanol–water partition coefficient (Wildman–Crippen LogP) is 3.96. The molecule has 0 aliphatic heterocycles. The van der Waals surface area contributed by atoms with Crippen molar-refractivity contribution in [2.75, 3.05) is 6.61 Å². The Morgan fingerprint density at radius 1 is 1.47 bits per heavy atom. The zero-order valence-corrected chi connectivity index (χ0v) is 12.5. The zero-order valence-electron chi connectivity index (χ0n) is 12.5. The quantitative estimate of drug-likeness (QED) is 0.556. The summed E-state index contributed by atoms with van der Waals surface area (Å²) in [5.74, 6) is 1.97. The molecule has 19 heavy (non-hydrogen) atoms. The fourth-order valence-electron chi connectivity index (χ4n) is 5.68. The molecule has 0 aromatic heterocycles. The first-order valence-corrected chi connectivity index (χ1v) is 7.71. The molecular formula is C17H26O2. The summed E-state index contributed by atoms with van der Waals surface area (Å²) in [6.45, 7) is 11.2. The van der Waals surface area contributed by atoms with E-state index in [0.29, 0.717) is 17.9 Å². The molecule has 0 aromatic rings. The van der Waals surface area contributed by atoms with E-state index in [0.717, 1.165) is 11.8 Å². The van der Waals surface area contributed by atoms with Crippen LogP contribution in [0.3, 0.4) is 0 Å². The van der Waals surface area contributed by atoms with Gasteiger partial charge in [0.05, 0.1) is 6.61 Å². The van der Waals surface area contributed by atoms with Crippen molar-refractivity contribution in [1.82, 2.24) is 0 Å². The molecule has 3 fully saturated rings. The topological polar surface area (TPSA) is 26.3 Å². The third-order valence-corrected chi connectivity index (χ3v) is 6.73. The van der Waals surface area contributed by atoms with Crippen LogP contribution in [0.15, 0.2) is 12.2 Å². The zero-order chi connectivity index (χ0) is 13.8. The van der Waals surface area contributed by atoms with Crippen molar-refractivity contribution in [3.05, 3.63) is 12.2 Å². The molecule has 1 spiro atoms. The summed E-state index contributed by atoms with van der Waals surface area (Å²) in [7, 11) is 0. The Balaban J connectivity index is 1.95. The Hall–Kier alpha value is -0.790. The molecule has 106 valence electrons. The molecule has 5 atom stereocenters. The Bertz CT molecular complexity index is 427. The second-order valence-corrected chi connectivity index (χ2v) is 7.47. The van der Waals surface area contributed by atoms with Crippen LogP contribution >= 0.6 is 0 Å². The van der Waals surface area contributed by atoms with Gasteiger partial charge in [-0.1, -0.05) is 26.0 Å². The summed E-state index contributed by atoms with van der Waals surface area (Å²) in [4.78, 5) is 11.2. The molecule has 2 nitrogen and oxygen atoms in total. The summed E-state index contributed by atoms with van der Waals surface area (Å²) in [5, 5.41) is 0. The van der Waals surface area contributed by atoms with Crippen LogP contribution in [-0.4, -0.2) is 12.6 Å². The fourth-order valence-corrected chi connectivity index (χ4v) is 5.68. The lowest BCUT2D eigenvalue weighted by molar-refractivity contribution is -0.146. The number of carbonyl (C=O) groups is 1. The number of hydrogen-bond acceptors (Lipinski definition) is 2. The van der Waals surface area contributed by atoms with Crippen molar-refractivity contribution >= 4 is 5.97 Å². The SMILES string of the molecule is C=C1CC[C@@]23C[C@@H]1[C@@](C)(COC(C)=O)C2CC[C@H]3C. The van der Waals surface area contributed by atoms with Crippen LogP contribution in [0, 0.1) is 28.6 Å². The highest BCUT2D eigenvalue weighted by atomic mass is 16.5. The third kappa shape index (κ3) is 1.64. The van der Waals surface area contributed by atoms with E-state index in [4.69, 9.17) is 4.74 Å². The summed E-state index contributed by atoms with van der Waals surface area (Å²) >= 11 is 0. The number of ether oxygens (including phenoxy) is 1. The van der Waals surface area contributed by atoms with Gasteiger partial charge in [-0.3, -0.25) is 4.79 Å². The van der Waals surface area contributed by atoms with E-state index >= 15 is 0 Å². The largest absolute Gasteiger partial charge is 0.465 e. The van der Waals surface area contributed by atoms with Crippen molar-refractivity contribution < 1.29 is 9.53 Å². The van der Waals surface area contributed by atoms with Gasteiger partial charge in [-0.25, -0.2) is 0 Å². The number of carbonyl (C=O) groups excluding carboxylic acids is 1. The summed E-state index contributed by atoms with van der Waals surface area (Å²) < 4.78 is 5.45. The first kappa shape index (κ1) is 13.2. The number of fused-ring (bicyclic) bond motifs is 1. The molecule has 0 radical (unpaired) electrons. The van der Waals surface area contributed by atoms with Gasteiger partial charge in [-0.2, -0.15) is 0 Å². The second kappa shape index (κ2) is 4.10. The summed E-state index contributed by atoms with van der Waals surface area (Å²) in [6, 6.07) is 0. The maximum atomic E-state index is 11.2. The average molecular weight is 262 g/mol. The molecule has 1 unspecified atom stereocenters. The monoisotopic (exact) mass is 262 g/mol. The molecule has 2 heteroatoms. The minimum atomic E-state index is -0.145. The van der Waals surface area contributed by atoms with Crippen LogP contribution in [0.4, 0.5) is 0 Å². The highest BCUT2D eigenvalue weighted by molar-refractivity contribution is 5.66. The van der Waals surface area contributed by atoms with Crippen LogP contribution in [0.5, 0.6) is 0 Å². The van der Waals surface area contributed by atoms with Crippen LogP contribution < -0.4 is 0 Å². The fraction of sp³-hybridized carbons (Fsp3) is 0.824. The van der Waals surface area contributed by atoms with Crippen molar-refractivity contribution in [3.8, 4) is 0 Å². The smallest absolute Gasteiger partial charge is 0.302 e. The number of allylic oxidation sites excluding steroid dienone is 1. The number of rotatable bonds is 2. The van der Waals surface area contributed by atoms with Crippen molar-refractivity contribution in [3.63, 3.8) is 0 Å². The molecule has 2 bridgehead atoms. The molecule has 3 rings (SSSR count). The van der Waals surface area contributed by atoms with E-state index < -0.39 is 0 Å². The van der Waals surface area contributed by atoms with Gasteiger partial charge in [0.15, 0.2) is 0 Å². The first-order chi connectivity index (χ1) is 8.90. The maximum Gasteiger partial charge on any atom is 0.302 e. The molecule has 0 aromatic carbocycles. The highest BCUT2D eigenvalue weighted by Gasteiger charge is 2.65. The van der Waals surface area contributed by atoms with Gasteiger partial charge in [0.2, 0.25) is 0 Å². The van der Waals surface area contributed by atoms with E-state index in [-0.39, 0.29) is 11.4 Å². The van der Waals surface area contributed by atoms with Crippen LogP contribution in [0.1, 0.15) is 52.9 Å². The third-order valence-electron chi connectivity index (χ3n) is 6.73. The lowest BCUT2D eigenvalue weighted by atomic mass is 9.67. The van der Waals surface area contributed by atoms with Crippen molar-refractivity contribution in [1.29, 1.82) is 0 Å². The second-order valence-electron chi connectivity index (χ2n) is 7.47. The molecule has 0 N–H and O–H groups in total.